The predicted molar refractivity (Wildman–Crippen MR) is 78.9 cm³/mol. The van der Waals surface area contributed by atoms with Crippen molar-refractivity contribution in [2.75, 3.05) is 20.3 Å². The van der Waals surface area contributed by atoms with Crippen LogP contribution >= 0.6 is 0 Å². The normalized spacial score (nSPS) is 22.2. The molecule has 118 valence electrons. The van der Waals surface area contributed by atoms with Gasteiger partial charge in [-0.15, -0.1) is 0 Å². The van der Waals surface area contributed by atoms with Gasteiger partial charge in [-0.05, 0) is 37.5 Å². The Morgan fingerprint density at radius 3 is 2.90 bits per heavy atom. The molecular formula is C16H24FNO3. The zero-order valence-corrected chi connectivity index (χ0v) is 12.5. The predicted octanol–water partition coefficient (Wildman–Crippen LogP) is 2.24. The summed E-state index contributed by atoms with van der Waals surface area (Å²) in [6, 6.07) is 4.51. The van der Waals surface area contributed by atoms with E-state index in [0.29, 0.717) is 25.4 Å². The van der Waals surface area contributed by atoms with Gasteiger partial charge in [-0.1, -0.05) is 6.42 Å². The first kappa shape index (κ1) is 16.2. The highest BCUT2D eigenvalue weighted by molar-refractivity contribution is 5.34. The Morgan fingerprint density at radius 1 is 1.33 bits per heavy atom. The van der Waals surface area contributed by atoms with Gasteiger partial charge in [0.1, 0.15) is 17.7 Å². The van der Waals surface area contributed by atoms with Gasteiger partial charge in [0.2, 0.25) is 0 Å². The lowest BCUT2D eigenvalue weighted by molar-refractivity contribution is 0.00631. The number of hydrogen-bond acceptors (Lipinski definition) is 4. The molecule has 0 bridgehead atoms. The van der Waals surface area contributed by atoms with Gasteiger partial charge in [-0.3, -0.25) is 0 Å². The van der Waals surface area contributed by atoms with Crippen molar-refractivity contribution in [1.82, 2.24) is 5.32 Å². The molecule has 1 fully saturated rings. The van der Waals surface area contributed by atoms with E-state index in [2.05, 4.69) is 5.32 Å². The summed E-state index contributed by atoms with van der Waals surface area (Å²) in [5.74, 6) is 0.363. The number of aliphatic hydroxyl groups excluding tert-OH is 1. The molecule has 5 heteroatoms. The number of halogens is 1. The standard InChI is InChI=1S/C16H24FNO3/c1-20-9-8-18-11-12-10-13(17)6-7-15(12)21-16-5-3-2-4-14(16)19/h6-7,10,14,16,18-19H,2-5,8-9,11H2,1H3. The van der Waals surface area contributed by atoms with E-state index in [1.807, 2.05) is 0 Å². The maximum Gasteiger partial charge on any atom is 0.124 e. The first-order chi connectivity index (χ1) is 10.2. The van der Waals surface area contributed by atoms with Crippen molar-refractivity contribution in [3.05, 3.63) is 29.6 Å². The van der Waals surface area contributed by atoms with Crippen LogP contribution in [0.25, 0.3) is 0 Å². The third-order valence-electron chi connectivity index (χ3n) is 3.77. The van der Waals surface area contributed by atoms with Crippen LogP contribution in [-0.2, 0) is 11.3 Å². The highest BCUT2D eigenvalue weighted by Gasteiger charge is 2.25. The smallest absolute Gasteiger partial charge is 0.124 e. The van der Waals surface area contributed by atoms with Crippen molar-refractivity contribution in [3.63, 3.8) is 0 Å². The molecule has 0 aromatic heterocycles. The number of benzene rings is 1. The molecule has 2 atom stereocenters. The quantitative estimate of drug-likeness (QED) is 0.758. The van der Waals surface area contributed by atoms with E-state index in [-0.39, 0.29) is 11.9 Å². The van der Waals surface area contributed by atoms with Crippen LogP contribution in [0.2, 0.25) is 0 Å². The Labute approximate surface area is 125 Å². The zero-order valence-electron chi connectivity index (χ0n) is 12.5. The maximum absolute atomic E-state index is 13.4. The largest absolute Gasteiger partial charge is 0.487 e. The van der Waals surface area contributed by atoms with Crippen molar-refractivity contribution >= 4 is 0 Å². The zero-order chi connectivity index (χ0) is 15.1. The maximum atomic E-state index is 13.4. The number of aliphatic hydroxyl groups is 1. The molecular weight excluding hydrogens is 273 g/mol. The van der Waals surface area contributed by atoms with E-state index in [1.165, 1.54) is 12.1 Å². The lowest BCUT2D eigenvalue weighted by Gasteiger charge is -2.29. The number of hydrogen-bond donors (Lipinski definition) is 2. The summed E-state index contributed by atoms with van der Waals surface area (Å²) < 4.78 is 24.3. The van der Waals surface area contributed by atoms with E-state index in [9.17, 15) is 9.50 Å². The van der Waals surface area contributed by atoms with E-state index in [0.717, 1.165) is 31.2 Å². The summed E-state index contributed by atoms with van der Waals surface area (Å²) in [6.07, 6.45) is 3.09. The molecule has 21 heavy (non-hydrogen) atoms. The first-order valence-electron chi connectivity index (χ1n) is 7.53. The lowest BCUT2D eigenvalue weighted by atomic mass is 9.95. The van der Waals surface area contributed by atoms with Gasteiger partial charge in [-0.25, -0.2) is 4.39 Å². The topological polar surface area (TPSA) is 50.7 Å². The summed E-state index contributed by atoms with van der Waals surface area (Å²) in [4.78, 5) is 0. The van der Waals surface area contributed by atoms with Gasteiger partial charge in [0.15, 0.2) is 0 Å². The Morgan fingerprint density at radius 2 is 2.14 bits per heavy atom. The van der Waals surface area contributed by atoms with Crippen LogP contribution in [0.4, 0.5) is 4.39 Å². The van der Waals surface area contributed by atoms with Crippen molar-refractivity contribution in [1.29, 1.82) is 0 Å². The number of ether oxygens (including phenoxy) is 2. The Bertz CT molecular complexity index is 442. The molecule has 2 unspecified atom stereocenters. The van der Waals surface area contributed by atoms with Gasteiger partial charge in [0, 0.05) is 25.8 Å². The second-order valence-corrected chi connectivity index (χ2v) is 5.43. The SMILES string of the molecule is COCCNCc1cc(F)ccc1OC1CCCCC1O. The molecule has 1 aliphatic rings. The van der Waals surface area contributed by atoms with Gasteiger partial charge in [-0.2, -0.15) is 0 Å². The van der Waals surface area contributed by atoms with E-state index < -0.39 is 6.10 Å². The molecule has 4 nitrogen and oxygen atoms in total. The highest BCUT2D eigenvalue weighted by Crippen LogP contribution is 2.27. The minimum Gasteiger partial charge on any atom is -0.487 e. The fourth-order valence-corrected chi connectivity index (χ4v) is 2.58. The van der Waals surface area contributed by atoms with Crippen LogP contribution in [0.15, 0.2) is 18.2 Å². The number of rotatable bonds is 7. The summed E-state index contributed by atoms with van der Waals surface area (Å²) in [7, 11) is 1.64. The third kappa shape index (κ3) is 4.95. The average molecular weight is 297 g/mol. The minimum atomic E-state index is -0.432. The lowest BCUT2D eigenvalue weighted by Crippen LogP contribution is -2.35. The molecule has 0 spiro atoms. The van der Waals surface area contributed by atoms with Crippen LogP contribution in [-0.4, -0.2) is 37.6 Å². The second kappa shape index (κ2) is 8.32. The number of methoxy groups -OCH3 is 1. The van der Waals surface area contributed by atoms with Crippen molar-refractivity contribution in [3.8, 4) is 5.75 Å². The molecule has 2 N–H and O–H groups in total. The summed E-state index contributed by atoms with van der Waals surface area (Å²) in [5.41, 5.74) is 0.767. The first-order valence-corrected chi connectivity index (χ1v) is 7.53. The summed E-state index contributed by atoms with van der Waals surface area (Å²) in [5, 5.41) is 13.2. The second-order valence-electron chi connectivity index (χ2n) is 5.43. The summed E-state index contributed by atoms with van der Waals surface area (Å²) in [6.45, 7) is 1.81. The molecule has 1 aliphatic carbocycles. The Hall–Kier alpha value is -1.17. The Balaban J connectivity index is 2.00. The van der Waals surface area contributed by atoms with Crippen molar-refractivity contribution in [2.45, 2.75) is 44.4 Å². The fourth-order valence-electron chi connectivity index (χ4n) is 2.58. The van der Waals surface area contributed by atoms with E-state index in [4.69, 9.17) is 9.47 Å². The molecule has 0 saturated heterocycles. The monoisotopic (exact) mass is 297 g/mol. The molecule has 0 radical (unpaired) electrons. The molecule has 1 aromatic rings. The molecule has 1 aromatic carbocycles. The van der Waals surface area contributed by atoms with Gasteiger partial charge in [0.25, 0.3) is 0 Å². The third-order valence-corrected chi connectivity index (χ3v) is 3.77. The van der Waals surface area contributed by atoms with Crippen molar-refractivity contribution in [2.24, 2.45) is 0 Å². The van der Waals surface area contributed by atoms with Gasteiger partial charge >= 0.3 is 0 Å². The Kier molecular flexibility index (Phi) is 6.42. The van der Waals surface area contributed by atoms with Gasteiger partial charge < -0.3 is 19.9 Å². The van der Waals surface area contributed by atoms with E-state index >= 15 is 0 Å². The molecule has 0 aliphatic heterocycles. The van der Waals surface area contributed by atoms with Crippen LogP contribution < -0.4 is 10.1 Å². The van der Waals surface area contributed by atoms with E-state index in [1.54, 1.807) is 13.2 Å². The highest BCUT2D eigenvalue weighted by atomic mass is 19.1. The summed E-state index contributed by atoms with van der Waals surface area (Å²) >= 11 is 0. The van der Waals surface area contributed by atoms with Crippen LogP contribution in [0.1, 0.15) is 31.2 Å². The van der Waals surface area contributed by atoms with Crippen LogP contribution in [0.5, 0.6) is 5.75 Å². The van der Waals surface area contributed by atoms with Crippen LogP contribution in [0.3, 0.4) is 0 Å². The van der Waals surface area contributed by atoms with Gasteiger partial charge in [0.05, 0.1) is 12.7 Å². The molecule has 2 rings (SSSR count). The molecule has 0 amide bonds. The fraction of sp³-hybridized carbons (Fsp3) is 0.625. The number of nitrogens with one attached hydrogen (secondary N) is 1. The minimum absolute atomic E-state index is 0.193. The van der Waals surface area contributed by atoms with Crippen LogP contribution in [0, 0.1) is 5.82 Å². The molecule has 1 saturated carbocycles. The molecule has 0 heterocycles. The van der Waals surface area contributed by atoms with Crippen molar-refractivity contribution < 1.29 is 19.0 Å². The average Bonchev–Trinajstić information content (AvgIpc) is 2.48.